The Labute approximate surface area is 159 Å². The molecule has 0 saturated carbocycles. The predicted molar refractivity (Wildman–Crippen MR) is 101 cm³/mol. The molecule has 0 saturated heterocycles. The summed E-state index contributed by atoms with van der Waals surface area (Å²) in [7, 11) is 0. The fourth-order valence-electron chi connectivity index (χ4n) is 2.70. The minimum Gasteiger partial charge on any atom is -0.490 e. The molecule has 146 valence electrons. The lowest BCUT2D eigenvalue weighted by Gasteiger charge is -2.23. The molecule has 0 amide bonds. The lowest BCUT2D eigenvalue weighted by Crippen LogP contribution is -2.26. The molecular formula is C21H26O6. The van der Waals surface area contributed by atoms with Crippen molar-refractivity contribution >= 4 is 18.0 Å². The molecule has 0 N–H and O–H groups in total. The third-order valence-electron chi connectivity index (χ3n) is 3.93. The van der Waals surface area contributed by atoms with Crippen molar-refractivity contribution in [1.29, 1.82) is 0 Å². The van der Waals surface area contributed by atoms with Gasteiger partial charge < -0.3 is 18.9 Å². The second-order valence-electron chi connectivity index (χ2n) is 6.36. The maximum atomic E-state index is 11.3. The number of rotatable bonds is 9. The molecule has 2 atom stereocenters. The summed E-state index contributed by atoms with van der Waals surface area (Å²) in [6, 6.07) is 5.55. The minimum absolute atomic E-state index is 0.241. The van der Waals surface area contributed by atoms with E-state index in [1.807, 2.05) is 18.2 Å². The van der Waals surface area contributed by atoms with Crippen molar-refractivity contribution in [2.45, 2.75) is 52.2 Å². The van der Waals surface area contributed by atoms with Crippen molar-refractivity contribution in [3.8, 4) is 11.5 Å². The van der Waals surface area contributed by atoms with E-state index < -0.39 is 0 Å². The van der Waals surface area contributed by atoms with E-state index in [1.165, 1.54) is 6.92 Å². The molecule has 2 unspecified atom stereocenters. The molecule has 0 aromatic heterocycles. The van der Waals surface area contributed by atoms with Gasteiger partial charge in [0.05, 0.1) is 6.61 Å². The molecule has 0 radical (unpaired) electrons. The van der Waals surface area contributed by atoms with Crippen LogP contribution in [0, 0.1) is 0 Å². The first-order chi connectivity index (χ1) is 12.9. The Balaban J connectivity index is 2.04. The first-order valence-electron chi connectivity index (χ1n) is 9.05. The molecule has 1 aromatic rings. The van der Waals surface area contributed by atoms with Crippen molar-refractivity contribution in [2.75, 3.05) is 6.61 Å². The van der Waals surface area contributed by atoms with Crippen LogP contribution in [0.15, 0.2) is 36.6 Å². The largest absolute Gasteiger partial charge is 0.490 e. The van der Waals surface area contributed by atoms with Crippen LogP contribution < -0.4 is 9.47 Å². The Kier molecular flexibility index (Phi) is 7.46. The lowest BCUT2D eigenvalue weighted by atomic mass is 10.1. The summed E-state index contributed by atoms with van der Waals surface area (Å²) in [5.74, 6) is 1.26. The summed E-state index contributed by atoms with van der Waals surface area (Å²) in [5, 5.41) is 0. The fourth-order valence-corrected chi connectivity index (χ4v) is 2.70. The number of esters is 2. The van der Waals surface area contributed by atoms with Crippen LogP contribution in [0.4, 0.5) is 0 Å². The molecule has 6 nitrogen and oxygen atoms in total. The van der Waals surface area contributed by atoms with Crippen molar-refractivity contribution < 1.29 is 28.5 Å². The molecule has 27 heavy (non-hydrogen) atoms. The standard InChI is InChI=1S/C21H26O6/c1-5-21(23)24-11-10-19(12-15(3)25-16(4)22)27-18-9-8-17-7-6-14(2)26-20(17)13-18/h6-9,13,15,19H,2,5,10-12H2,1,3-4H3. The lowest BCUT2D eigenvalue weighted by molar-refractivity contribution is -0.146. The molecule has 0 fully saturated rings. The van der Waals surface area contributed by atoms with Gasteiger partial charge >= 0.3 is 11.9 Å². The zero-order valence-corrected chi connectivity index (χ0v) is 16.0. The van der Waals surface area contributed by atoms with Crippen molar-refractivity contribution in [3.05, 3.63) is 42.2 Å². The molecular weight excluding hydrogens is 348 g/mol. The summed E-state index contributed by atoms with van der Waals surface area (Å²) in [4.78, 5) is 22.5. The molecule has 1 aliphatic heterocycles. The number of ether oxygens (including phenoxy) is 4. The Morgan fingerprint density at radius 3 is 2.74 bits per heavy atom. The SMILES string of the molecule is C=C1C=Cc2ccc(OC(CCOC(=O)CC)CC(C)OC(C)=O)cc2O1. The number of carbonyl (C=O) groups excluding carboxylic acids is 2. The van der Waals surface area contributed by atoms with Gasteiger partial charge in [0, 0.05) is 37.8 Å². The summed E-state index contributed by atoms with van der Waals surface area (Å²) >= 11 is 0. The Morgan fingerprint density at radius 1 is 1.26 bits per heavy atom. The minimum atomic E-state index is -0.342. The van der Waals surface area contributed by atoms with Crippen molar-refractivity contribution in [1.82, 2.24) is 0 Å². The Hall–Kier alpha value is -2.76. The van der Waals surface area contributed by atoms with Crippen LogP contribution in [0.2, 0.25) is 0 Å². The van der Waals surface area contributed by atoms with E-state index in [4.69, 9.17) is 18.9 Å². The molecule has 0 bridgehead atoms. The van der Waals surface area contributed by atoms with E-state index in [2.05, 4.69) is 6.58 Å². The number of hydrogen-bond acceptors (Lipinski definition) is 6. The van der Waals surface area contributed by atoms with Gasteiger partial charge in [0.1, 0.15) is 29.5 Å². The molecule has 0 spiro atoms. The highest BCUT2D eigenvalue weighted by Crippen LogP contribution is 2.31. The van der Waals surface area contributed by atoms with Gasteiger partial charge in [-0.3, -0.25) is 9.59 Å². The molecule has 1 aromatic carbocycles. The zero-order chi connectivity index (χ0) is 19.8. The average molecular weight is 374 g/mol. The first-order valence-corrected chi connectivity index (χ1v) is 9.05. The summed E-state index contributed by atoms with van der Waals surface area (Å²) in [6.45, 7) is 8.95. The quantitative estimate of drug-likeness (QED) is 0.608. The zero-order valence-electron chi connectivity index (χ0n) is 16.0. The number of carbonyl (C=O) groups is 2. The van der Waals surface area contributed by atoms with Gasteiger partial charge in [-0.05, 0) is 31.2 Å². The van der Waals surface area contributed by atoms with Gasteiger partial charge in [0.25, 0.3) is 0 Å². The normalized spacial score (nSPS) is 14.6. The van der Waals surface area contributed by atoms with E-state index in [1.54, 1.807) is 26.0 Å². The summed E-state index contributed by atoms with van der Waals surface area (Å²) in [5.41, 5.74) is 0.941. The van der Waals surface area contributed by atoms with E-state index in [-0.39, 0.29) is 30.8 Å². The van der Waals surface area contributed by atoms with Crippen molar-refractivity contribution in [3.63, 3.8) is 0 Å². The van der Waals surface area contributed by atoms with E-state index >= 15 is 0 Å². The second-order valence-corrected chi connectivity index (χ2v) is 6.36. The predicted octanol–water partition coefficient (Wildman–Crippen LogP) is 4.04. The van der Waals surface area contributed by atoms with Gasteiger partial charge in [-0.25, -0.2) is 0 Å². The second kappa shape index (κ2) is 9.80. The van der Waals surface area contributed by atoms with Crippen LogP contribution in [0.3, 0.4) is 0 Å². The third-order valence-corrected chi connectivity index (χ3v) is 3.93. The maximum Gasteiger partial charge on any atom is 0.305 e. The van der Waals surface area contributed by atoms with Crippen LogP contribution >= 0.6 is 0 Å². The number of hydrogen-bond donors (Lipinski definition) is 0. The van der Waals surface area contributed by atoms with Crippen LogP contribution in [0.5, 0.6) is 11.5 Å². The van der Waals surface area contributed by atoms with Crippen LogP contribution in [0.25, 0.3) is 6.08 Å². The maximum absolute atomic E-state index is 11.3. The van der Waals surface area contributed by atoms with Crippen LogP contribution in [-0.4, -0.2) is 30.8 Å². The highest BCUT2D eigenvalue weighted by molar-refractivity contribution is 5.68. The third kappa shape index (κ3) is 6.81. The smallest absolute Gasteiger partial charge is 0.305 e. The van der Waals surface area contributed by atoms with Crippen LogP contribution in [-0.2, 0) is 19.1 Å². The van der Waals surface area contributed by atoms with Crippen molar-refractivity contribution in [2.24, 2.45) is 0 Å². The Morgan fingerprint density at radius 2 is 2.04 bits per heavy atom. The van der Waals surface area contributed by atoms with Crippen LogP contribution in [0.1, 0.15) is 45.6 Å². The van der Waals surface area contributed by atoms with E-state index in [0.717, 1.165) is 5.56 Å². The Bertz CT molecular complexity index is 721. The topological polar surface area (TPSA) is 71.1 Å². The average Bonchev–Trinajstić information content (AvgIpc) is 2.60. The number of allylic oxidation sites excluding steroid dienone is 1. The molecule has 2 rings (SSSR count). The van der Waals surface area contributed by atoms with Gasteiger partial charge in [0.2, 0.25) is 0 Å². The van der Waals surface area contributed by atoms with Gasteiger partial charge in [0.15, 0.2) is 0 Å². The molecule has 1 aliphatic rings. The summed E-state index contributed by atoms with van der Waals surface area (Å²) in [6.07, 6.45) is 4.42. The molecule has 1 heterocycles. The summed E-state index contributed by atoms with van der Waals surface area (Å²) < 4.78 is 22.0. The highest BCUT2D eigenvalue weighted by atomic mass is 16.5. The van der Waals surface area contributed by atoms with E-state index in [9.17, 15) is 9.59 Å². The first kappa shape index (κ1) is 20.6. The van der Waals surface area contributed by atoms with Gasteiger partial charge in [-0.1, -0.05) is 13.5 Å². The highest BCUT2D eigenvalue weighted by Gasteiger charge is 2.19. The molecule has 0 aliphatic carbocycles. The van der Waals surface area contributed by atoms with E-state index in [0.29, 0.717) is 36.5 Å². The monoisotopic (exact) mass is 374 g/mol. The number of fused-ring (bicyclic) bond motifs is 1. The van der Waals surface area contributed by atoms with Gasteiger partial charge in [-0.2, -0.15) is 0 Å². The number of benzene rings is 1. The van der Waals surface area contributed by atoms with Gasteiger partial charge in [-0.15, -0.1) is 0 Å². The fraction of sp³-hybridized carbons (Fsp3) is 0.429. The molecule has 6 heteroatoms.